The molecular formula is C18H17N5O2. The van der Waals surface area contributed by atoms with Gasteiger partial charge in [0.25, 0.3) is 0 Å². The highest BCUT2D eigenvalue weighted by atomic mass is 16.5. The molecule has 25 heavy (non-hydrogen) atoms. The van der Waals surface area contributed by atoms with Crippen molar-refractivity contribution >= 4 is 22.9 Å². The molecule has 2 aliphatic rings. The lowest BCUT2D eigenvalue weighted by molar-refractivity contribution is 0.297. The molecule has 1 unspecified atom stereocenters. The molecule has 3 heterocycles. The first-order valence-corrected chi connectivity index (χ1v) is 8.26. The van der Waals surface area contributed by atoms with Crippen LogP contribution < -0.4 is 20.5 Å². The summed E-state index contributed by atoms with van der Waals surface area (Å²) in [6.07, 6.45) is 0.597. The van der Waals surface area contributed by atoms with E-state index >= 15 is 0 Å². The lowest BCUT2D eigenvalue weighted by atomic mass is 10.1. The molecule has 0 bridgehead atoms. The van der Waals surface area contributed by atoms with Crippen molar-refractivity contribution < 1.29 is 9.47 Å². The maximum atomic E-state index is 5.98. The van der Waals surface area contributed by atoms with Gasteiger partial charge >= 0.3 is 0 Å². The number of nitrogens with zero attached hydrogens (tertiary/aromatic N) is 3. The first kappa shape index (κ1) is 14.2. The van der Waals surface area contributed by atoms with Gasteiger partial charge in [0.2, 0.25) is 5.95 Å². The van der Waals surface area contributed by atoms with E-state index in [0.29, 0.717) is 25.1 Å². The van der Waals surface area contributed by atoms with Gasteiger partial charge in [0.05, 0.1) is 24.2 Å². The fourth-order valence-electron chi connectivity index (χ4n) is 3.27. The van der Waals surface area contributed by atoms with Gasteiger partial charge in [-0.3, -0.25) is 9.88 Å². The highest BCUT2D eigenvalue weighted by molar-refractivity contribution is 5.95. The average molecular weight is 335 g/mol. The minimum absolute atomic E-state index is 0.271. The Morgan fingerprint density at radius 1 is 1.08 bits per heavy atom. The predicted octanol–water partition coefficient (Wildman–Crippen LogP) is 2.48. The fourth-order valence-corrected chi connectivity index (χ4v) is 3.27. The first-order chi connectivity index (χ1) is 12.3. The lowest BCUT2D eigenvalue weighted by Gasteiger charge is -2.23. The third kappa shape index (κ3) is 2.27. The number of benzene rings is 2. The summed E-state index contributed by atoms with van der Waals surface area (Å²) in [5, 5.41) is 3.05. The number of anilines is 1. The quantitative estimate of drug-likeness (QED) is 0.713. The van der Waals surface area contributed by atoms with Gasteiger partial charge in [0.1, 0.15) is 0 Å². The van der Waals surface area contributed by atoms with Crippen LogP contribution in [0, 0.1) is 0 Å². The molecule has 2 aromatic carbocycles. The van der Waals surface area contributed by atoms with E-state index in [-0.39, 0.29) is 6.17 Å². The van der Waals surface area contributed by atoms with Gasteiger partial charge in [-0.25, -0.2) is 9.98 Å². The topological polar surface area (TPSA) is 86.7 Å². The third-order valence-corrected chi connectivity index (χ3v) is 4.40. The molecule has 7 heteroatoms. The summed E-state index contributed by atoms with van der Waals surface area (Å²) in [5.41, 5.74) is 8.76. The van der Waals surface area contributed by atoms with E-state index in [1.807, 2.05) is 47.0 Å². The number of hydrogen-bond acceptors (Lipinski definition) is 6. The Balaban J connectivity index is 1.72. The SMILES string of the molecule is NC1=NC(c2ccccc2)n2c(nc3cc4c(cc32)OCCCO4)N1. The average Bonchev–Trinajstić information content (AvgIpc) is 2.81. The zero-order chi connectivity index (χ0) is 16.8. The molecule has 0 fully saturated rings. The molecule has 1 aromatic heterocycles. The van der Waals surface area contributed by atoms with Crippen molar-refractivity contribution in [2.45, 2.75) is 12.6 Å². The molecule has 5 rings (SSSR count). The van der Waals surface area contributed by atoms with E-state index in [1.54, 1.807) is 0 Å². The maximum Gasteiger partial charge on any atom is 0.212 e. The second-order valence-electron chi connectivity index (χ2n) is 6.07. The highest BCUT2D eigenvalue weighted by Gasteiger charge is 2.26. The second-order valence-corrected chi connectivity index (χ2v) is 6.07. The number of ether oxygens (including phenoxy) is 2. The molecule has 3 aromatic rings. The van der Waals surface area contributed by atoms with Gasteiger partial charge in [-0.2, -0.15) is 0 Å². The second kappa shape index (κ2) is 5.41. The highest BCUT2D eigenvalue weighted by Crippen LogP contribution is 2.38. The Morgan fingerprint density at radius 2 is 1.84 bits per heavy atom. The number of aliphatic imine (C=N–C) groups is 1. The third-order valence-electron chi connectivity index (χ3n) is 4.40. The Labute approximate surface area is 144 Å². The molecular weight excluding hydrogens is 318 g/mol. The molecule has 1 atom stereocenters. The standard InChI is InChI=1S/C18H17N5O2/c19-17-21-16(11-5-2-1-3-6-11)23-13-10-15-14(24-7-4-8-25-15)9-12(13)20-18(23)22-17/h1-3,5-6,9-10,16H,4,7-8H2,(H3,19,20,21,22). The predicted molar refractivity (Wildman–Crippen MR) is 95.2 cm³/mol. The van der Waals surface area contributed by atoms with Crippen molar-refractivity contribution in [2.75, 3.05) is 18.5 Å². The summed E-state index contributed by atoms with van der Waals surface area (Å²) >= 11 is 0. The molecule has 3 N–H and O–H groups in total. The van der Waals surface area contributed by atoms with E-state index in [9.17, 15) is 0 Å². The Kier molecular flexibility index (Phi) is 3.06. The molecule has 0 saturated carbocycles. The molecule has 0 aliphatic carbocycles. The number of rotatable bonds is 1. The zero-order valence-electron chi connectivity index (χ0n) is 13.5. The van der Waals surface area contributed by atoms with E-state index in [4.69, 9.17) is 15.2 Å². The minimum atomic E-state index is -0.271. The normalized spacial score (nSPS) is 18.9. The Morgan fingerprint density at radius 3 is 2.64 bits per heavy atom. The molecule has 126 valence electrons. The van der Waals surface area contributed by atoms with Crippen LogP contribution in [0.1, 0.15) is 18.2 Å². The molecule has 7 nitrogen and oxygen atoms in total. The summed E-state index contributed by atoms with van der Waals surface area (Å²) in [4.78, 5) is 9.25. The maximum absolute atomic E-state index is 5.98. The van der Waals surface area contributed by atoms with Gasteiger partial charge < -0.3 is 15.2 Å². The minimum Gasteiger partial charge on any atom is -0.489 e. The van der Waals surface area contributed by atoms with Crippen LogP contribution in [-0.2, 0) is 0 Å². The van der Waals surface area contributed by atoms with Crippen molar-refractivity contribution in [3.8, 4) is 11.5 Å². The van der Waals surface area contributed by atoms with Crippen molar-refractivity contribution in [3.63, 3.8) is 0 Å². The monoisotopic (exact) mass is 335 g/mol. The van der Waals surface area contributed by atoms with Gasteiger partial charge in [0, 0.05) is 18.6 Å². The molecule has 0 saturated heterocycles. The van der Waals surface area contributed by atoms with Crippen molar-refractivity contribution in [1.29, 1.82) is 0 Å². The van der Waals surface area contributed by atoms with Gasteiger partial charge in [0.15, 0.2) is 23.6 Å². The van der Waals surface area contributed by atoms with Crippen LogP contribution in [0.2, 0.25) is 0 Å². The van der Waals surface area contributed by atoms with Crippen molar-refractivity contribution in [3.05, 3.63) is 48.0 Å². The first-order valence-electron chi connectivity index (χ1n) is 8.26. The van der Waals surface area contributed by atoms with Crippen LogP contribution in [0.25, 0.3) is 11.0 Å². The lowest BCUT2D eigenvalue weighted by Crippen LogP contribution is -2.31. The number of aromatic nitrogens is 2. The Bertz CT molecular complexity index is 980. The number of guanidine groups is 1. The van der Waals surface area contributed by atoms with Crippen LogP contribution in [0.5, 0.6) is 11.5 Å². The summed E-state index contributed by atoms with van der Waals surface area (Å²) in [7, 11) is 0. The van der Waals surface area contributed by atoms with Crippen molar-refractivity contribution in [2.24, 2.45) is 10.7 Å². The number of hydrogen-bond donors (Lipinski definition) is 2. The number of imidazole rings is 1. The Hall–Kier alpha value is -3.22. The van der Waals surface area contributed by atoms with Gasteiger partial charge in [-0.15, -0.1) is 0 Å². The molecule has 0 amide bonds. The molecule has 0 spiro atoms. The number of nitrogens with one attached hydrogen (secondary N) is 1. The molecule has 0 radical (unpaired) electrons. The largest absolute Gasteiger partial charge is 0.489 e. The van der Waals surface area contributed by atoms with Gasteiger partial charge in [-0.05, 0) is 5.56 Å². The smallest absolute Gasteiger partial charge is 0.212 e. The number of nitrogens with two attached hydrogens (primary N) is 1. The molecule has 2 aliphatic heterocycles. The van der Waals surface area contributed by atoms with Crippen LogP contribution >= 0.6 is 0 Å². The fraction of sp³-hybridized carbons (Fsp3) is 0.222. The van der Waals surface area contributed by atoms with E-state index in [1.165, 1.54) is 0 Å². The van der Waals surface area contributed by atoms with Crippen molar-refractivity contribution in [1.82, 2.24) is 9.55 Å². The van der Waals surface area contributed by atoms with Gasteiger partial charge in [-0.1, -0.05) is 30.3 Å². The van der Waals surface area contributed by atoms with Crippen LogP contribution in [0.15, 0.2) is 47.5 Å². The van der Waals surface area contributed by atoms with Crippen LogP contribution in [0.4, 0.5) is 5.95 Å². The van der Waals surface area contributed by atoms with E-state index in [0.717, 1.165) is 34.5 Å². The number of fused-ring (bicyclic) bond motifs is 4. The van der Waals surface area contributed by atoms with Crippen LogP contribution in [0.3, 0.4) is 0 Å². The van der Waals surface area contributed by atoms with E-state index < -0.39 is 0 Å². The van der Waals surface area contributed by atoms with E-state index in [2.05, 4.69) is 15.3 Å². The van der Waals surface area contributed by atoms with Crippen LogP contribution in [-0.4, -0.2) is 28.7 Å². The summed E-state index contributed by atoms with van der Waals surface area (Å²) in [6.45, 7) is 1.29. The summed E-state index contributed by atoms with van der Waals surface area (Å²) in [5.74, 6) is 2.48. The summed E-state index contributed by atoms with van der Waals surface area (Å²) in [6, 6.07) is 13.9. The zero-order valence-corrected chi connectivity index (χ0v) is 13.5. The summed E-state index contributed by atoms with van der Waals surface area (Å²) < 4.78 is 13.6.